The molecule has 0 aliphatic rings. The van der Waals surface area contributed by atoms with Gasteiger partial charge in [-0.05, 0) is 12.5 Å². The summed E-state index contributed by atoms with van der Waals surface area (Å²) < 4.78 is 10.7. The van der Waals surface area contributed by atoms with E-state index in [0.717, 1.165) is 0 Å². The number of esters is 1. The van der Waals surface area contributed by atoms with Crippen LogP contribution < -0.4 is 10.1 Å². The molecule has 1 N–H and O–H groups in total. The van der Waals surface area contributed by atoms with Crippen LogP contribution in [-0.2, 0) is 9.53 Å². The molecular weight excluding hydrogens is 382 g/mol. The molecule has 0 unspecified atom stereocenters. The van der Waals surface area contributed by atoms with Crippen molar-refractivity contribution >= 4 is 34.9 Å². The summed E-state index contributed by atoms with van der Waals surface area (Å²) in [5.41, 5.74) is 0.861. The van der Waals surface area contributed by atoms with Crippen LogP contribution in [0.3, 0.4) is 0 Å². The van der Waals surface area contributed by atoms with Crippen molar-refractivity contribution in [1.29, 1.82) is 0 Å². The van der Waals surface area contributed by atoms with Gasteiger partial charge in [-0.3, -0.25) is 9.59 Å². The number of Topliss-reactive ketones (excluding diaryl/α,β-unsaturated/α-hetero) is 1. The zero-order valence-corrected chi connectivity index (χ0v) is 16.7. The number of nitrogens with one attached hydrogen (secondary N) is 1. The third-order valence-electron chi connectivity index (χ3n) is 4.08. The zero-order valence-electron chi connectivity index (χ0n) is 16.0. The fourth-order valence-corrected chi connectivity index (χ4v) is 2.73. The minimum Gasteiger partial charge on any atom is -0.496 e. The van der Waals surface area contributed by atoms with Gasteiger partial charge >= 0.3 is 5.97 Å². The van der Waals surface area contributed by atoms with Gasteiger partial charge in [0.05, 0.1) is 17.8 Å². The average molecular weight is 404 g/mol. The van der Waals surface area contributed by atoms with Gasteiger partial charge in [-0.15, -0.1) is 0 Å². The number of anilines is 1. The first-order valence-electron chi connectivity index (χ1n) is 8.88. The lowest BCUT2D eigenvalue weighted by Crippen LogP contribution is -2.27. The second kappa shape index (κ2) is 9.90. The Hall–Kier alpha value is -2.86. The highest BCUT2D eigenvalue weighted by molar-refractivity contribution is 6.34. The van der Waals surface area contributed by atoms with Gasteiger partial charge in [-0.2, -0.15) is 0 Å². The highest BCUT2D eigenvalue weighted by atomic mass is 35.5. The van der Waals surface area contributed by atoms with Crippen LogP contribution in [0.15, 0.2) is 42.5 Å². The van der Waals surface area contributed by atoms with E-state index in [1.807, 2.05) is 0 Å². The van der Waals surface area contributed by atoms with Crippen molar-refractivity contribution in [2.45, 2.75) is 32.8 Å². The van der Waals surface area contributed by atoms with E-state index >= 15 is 0 Å². The van der Waals surface area contributed by atoms with Crippen molar-refractivity contribution in [2.24, 2.45) is 0 Å². The average Bonchev–Trinajstić information content (AvgIpc) is 2.72. The molecule has 0 aliphatic heterocycles. The van der Waals surface area contributed by atoms with Gasteiger partial charge in [0, 0.05) is 18.1 Å². The van der Waals surface area contributed by atoms with E-state index in [9.17, 15) is 14.4 Å². The number of carbonyl (C=O) groups excluding carboxylic acids is 3. The van der Waals surface area contributed by atoms with Gasteiger partial charge in [0.25, 0.3) is 0 Å². The normalized spacial score (nSPS) is 11.4. The molecule has 0 radical (unpaired) electrons. The summed E-state index contributed by atoms with van der Waals surface area (Å²) in [5, 5.41) is 2.80. The molecule has 2 aromatic carbocycles. The molecule has 0 aliphatic carbocycles. The van der Waals surface area contributed by atoms with E-state index in [2.05, 4.69) is 5.32 Å². The first-order valence-corrected chi connectivity index (χ1v) is 9.26. The van der Waals surface area contributed by atoms with Crippen LogP contribution in [0, 0.1) is 0 Å². The monoisotopic (exact) mass is 403 g/mol. The number of amides is 1. The molecule has 6 nitrogen and oxygen atoms in total. The highest BCUT2D eigenvalue weighted by Gasteiger charge is 2.25. The van der Waals surface area contributed by atoms with E-state index in [1.165, 1.54) is 19.2 Å². The highest BCUT2D eigenvalue weighted by Crippen LogP contribution is 2.32. The molecule has 28 heavy (non-hydrogen) atoms. The molecule has 0 saturated heterocycles. The van der Waals surface area contributed by atoms with Gasteiger partial charge in [-0.25, -0.2) is 4.79 Å². The quantitative estimate of drug-likeness (QED) is 0.517. The number of carbonyl (C=O) groups is 3. The van der Waals surface area contributed by atoms with Crippen molar-refractivity contribution < 1.29 is 23.9 Å². The number of benzene rings is 2. The number of ketones is 1. The summed E-state index contributed by atoms with van der Waals surface area (Å²) in [6, 6.07) is 11.4. The summed E-state index contributed by atoms with van der Waals surface area (Å²) in [7, 11) is 1.39. The Balaban J connectivity index is 2.26. The summed E-state index contributed by atoms with van der Waals surface area (Å²) in [5.74, 6) is -1.06. The van der Waals surface area contributed by atoms with E-state index < -0.39 is 12.1 Å². The van der Waals surface area contributed by atoms with Gasteiger partial charge in [-0.1, -0.05) is 55.8 Å². The standard InChI is InChI=1S/C21H22ClNO5/c1-4-17(20(25)13-9-7-6-8-10-13)28-21(26)14-11-15(22)16(12-18(14)27-3)23-19(24)5-2/h6-12,17H,4-5H2,1-3H3,(H,23,24)/t17-/m1/s1. The first-order chi connectivity index (χ1) is 13.4. The number of hydrogen-bond acceptors (Lipinski definition) is 5. The van der Waals surface area contributed by atoms with E-state index in [-0.39, 0.29) is 34.4 Å². The molecule has 0 fully saturated rings. The van der Waals surface area contributed by atoms with Gasteiger partial charge in [0.15, 0.2) is 6.10 Å². The van der Waals surface area contributed by atoms with Crippen LogP contribution in [0.1, 0.15) is 47.4 Å². The van der Waals surface area contributed by atoms with E-state index in [0.29, 0.717) is 17.7 Å². The summed E-state index contributed by atoms with van der Waals surface area (Å²) in [6.45, 7) is 3.47. The predicted molar refractivity (Wildman–Crippen MR) is 107 cm³/mol. The van der Waals surface area contributed by atoms with Crippen molar-refractivity contribution in [3.8, 4) is 5.75 Å². The minimum absolute atomic E-state index is 0.0707. The van der Waals surface area contributed by atoms with Crippen molar-refractivity contribution in [3.05, 3.63) is 58.6 Å². The third-order valence-corrected chi connectivity index (χ3v) is 4.39. The Bertz CT molecular complexity index is 867. The summed E-state index contributed by atoms with van der Waals surface area (Å²) >= 11 is 6.19. The van der Waals surface area contributed by atoms with Gasteiger partial charge in [0.1, 0.15) is 11.3 Å². The Morgan fingerprint density at radius 1 is 1.11 bits per heavy atom. The Morgan fingerprint density at radius 2 is 1.79 bits per heavy atom. The predicted octanol–water partition coefficient (Wildman–Crippen LogP) is 4.52. The molecule has 7 heteroatoms. The number of hydrogen-bond donors (Lipinski definition) is 1. The Labute approximate surface area is 168 Å². The molecule has 2 aromatic rings. The van der Waals surface area contributed by atoms with Crippen LogP contribution in [0.25, 0.3) is 0 Å². The smallest absolute Gasteiger partial charge is 0.342 e. The zero-order chi connectivity index (χ0) is 20.7. The van der Waals surface area contributed by atoms with Crippen molar-refractivity contribution in [3.63, 3.8) is 0 Å². The maximum Gasteiger partial charge on any atom is 0.342 e. The lowest BCUT2D eigenvalue weighted by molar-refractivity contribution is -0.115. The number of methoxy groups -OCH3 is 1. The second-order valence-corrected chi connectivity index (χ2v) is 6.37. The largest absolute Gasteiger partial charge is 0.496 e. The molecule has 0 saturated carbocycles. The van der Waals surface area contributed by atoms with E-state index in [1.54, 1.807) is 44.2 Å². The maximum atomic E-state index is 12.7. The lowest BCUT2D eigenvalue weighted by atomic mass is 10.0. The molecule has 2 rings (SSSR count). The fraction of sp³-hybridized carbons (Fsp3) is 0.286. The summed E-state index contributed by atoms with van der Waals surface area (Å²) in [6.07, 6.45) is -0.333. The van der Waals surface area contributed by atoms with Crippen molar-refractivity contribution in [1.82, 2.24) is 0 Å². The third kappa shape index (κ3) is 5.10. The number of rotatable bonds is 8. The van der Waals surface area contributed by atoms with E-state index in [4.69, 9.17) is 21.1 Å². The van der Waals surface area contributed by atoms with Crippen LogP contribution in [0.4, 0.5) is 5.69 Å². The number of ether oxygens (including phenoxy) is 2. The number of halogens is 1. The molecule has 148 valence electrons. The fourth-order valence-electron chi connectivity index (χ4n) is 2.52. The molecule has 0 heterocycles. The van der Waals surface area contributed by atoms with Crippen LogP contribution >= 0.6 is 11.6 Å². The molecule has 0 spiro atoms. The van der Waals surface area contributed by atoms with Gasteiger partial charge < -0.3 is 14.8 Å². The first kappa shape index (κ1) is 21.4. The topological polar surface area (TPSA) is 81.7 Å². The molecule has 0 bridgehead atoms. The molecule has 1 atom stereocenters. The minimum atomic E-state index is -0.933. The molecule has 1 amide bonds. The summed E-state index contributed by atoms with van der Waals surface area (Å²) in [4.78, 5) is 36.9. The van der Waals surface area contributed by atoms with Crippen LogP contribution in [0.2, 0.25) is 5.02 Å². The second-order valence-electron chi connectivity index (χ2n) is 5.97. The lowest BCUT2D eigenvalue weighted by Gasteiger charge is -2.17. The van der Waals surface area contributed by atoms with Crippen LogP contribution in [0.5, 0.6) is 5.75 Å². The Kier molecular flexibility index (Phi) is 7.58. The van der Waals surface area contributed by atoms with Crippen molar-refractivity contribution in [2.75, 3.05) is 12.4 Å². The molecular formula is C21H22ClNO5. The SMILES string of the molecule is CCC(=O)Nc1cc(OC)c(C(=O)O[C@H](CC)C(=O)c2ccccc2)cc1Cl. The van der Waals surface area contributed by atoms with Gasteiger partial charge in [0.2, 0.25) is 11.7 Å². The van der Waals surface area contributed by atoms with Crippen LogP contribution in [-0.4, -0.2) is 30.9 Å². The Morgan fingerprint density at radius 3 is 2.36 bits per heavy atom. The molecule has 0 aromatic heterocycles. The maximum absolute atomic E-state index is 12.7.